The van der Waals surface area contributed by atoms with Gasteiger partial charge in [-0.2, -0.15) is 0 Å². The summed E-state index contributed by atoms with van der Waals surface area (Å²) in [4.78, 5) is 33.6. The number of hydrogen-bond acceptors (Lipinski definition) is 6. The van der Waals surface area contributed by atoms with Crippen molar-refractivity contribution < 1.29 is 18.7 Å². The monoisotopic (exact) mass is 458 g/mol. The molecule has 3 heterocycles. The van der Waals surface area contributed by atoms with Crippen molar-refractivity contribution >= 4 is 22.8 Å². The third-order valence-electron chi connectivity index (χ3n) is 6.03. The molecule has 0 radical (unpaired) electrons. The number of para-hydroxylation sites is 1. The van der Waals surface area contributed by atoms with Gasteiger partial charge in [0.1, 0.15) is 18.9 Å². The summed E-state index contributed by atoms with van der Waals surface area (Å²) in [5.41, 5.74) is 2.89. The predicted octanol–water partition coefficient (Wildman–Crippen LogP) is 3.66. The van der Waals surface area contributed by atoms with Crippen molar-refractivity contribution in [3.63, 3.8) is 0 Å². The maximum Gasteiger partial charge on any atom is 0.329 e. The molecule has 2 atom stereocenters. The third kappa shape index (κ3) is 4.87. The van der Waals surface area contributed by atoms with Gasteiger partial charge < -0.3 is 24.8 Å². The van der Waals surface area contributed by atoms with E-state index in [9.17, 15) is 9.59 Å². The van der Waals surface area contributed by atoms with Crippen molar-refractivity contribution in [2.24, 2.45) is 0 Å². The molecule has 1 aliphatic rings. The highest BCUT2D eigenvalue weighted by Gasteiger charge is 2.27. The molecule has 0 spiro atoms. The van der Waals surface area contributed by atoms with E-state index in [0.29, 0.717) is 5.89 Å². The predicted molar refractivity (Wildman–Crippen MR) is 126 cm³/mol. The Kier molecular flexibility index (Phi) is 6.40. The molecule has 5 rings (SSSR count). The van der Waals surface area contributed by atoms with Crippen molar-refractivity contribution in [3.8, 4) is 0 Å². The van der Waals surface area contributed by atoms with Crippen LogP contribution in [0.15, 0.2) is 71.5 Å². The van der Waals surface area contributed by atoms with Crippen LogP contribution < -0.4 is 10.6 Å². The Hall–Kier alpha value is -3.91. The van der Waals surface area contributed by atoms with Gasteiger partial charge in [-0.1, -0.05) is 48.5 Å². The molecule has 8 nitrogen and oxygen atoms in total. The summed E-state index contributed by atoms with van der Waals surface area (Å²) in [7, 11) is 0. The zero-order valence-corrected chi connectivity index (χ0v) is 18.6. The Morgan fingerprint density at radius 1 is 1.15 bits per heavy atom. The van der Waals surface area contributed by atoms with Gasteiger partial charge in [-0.15, -0.1) is 0 Å². The summed E-state index contributed by atoms with van der Waals surface area (Å²) in [6.45, 7) is 1.02. The summed E-state index contributed by atoms with van der Waals surface area (Å²) in [5, 5.41) is 7.10. The van der Waals surface area contributed by atoms with Crippen LogP contribution in [0, 0.1) is 0 Å². The van der Waals surface area contributed by atoms with Gasteiger partial charge >= 0.3 is 5.97 Å². The first-order valence-corrected chi connectivity index (χ1v) is 11.4. The molecule has 2 aromatic heterocycles. The molecular weight excluding hydrogens is 432 g/mol. The number of nitrogens with zero attached hydrogens (tertiary/aromatic N) is 1. The fourth-order valence-electron chi connectivity index (χ4n) is 4.22. The lowest BCUT2D eigenvalue weighted by Gasteiger charge is -2.17. The van der Waals surface area contributed by atoms with Gasteiger partial charge in [0, 0.05) is 23.5 Å². The Morgan fingerprint density at radius 3 is 2.79 bits per heavy atom. The summed E-state index contributed by atoms with van der Waals surface area (Å²) >= 11 is 0. The standard InChI is InChI=1S/C26H26N4O4/c31-24(23-16-33-25(30-23)21-11-6-12-27-21)29-22(26(32)34-15-17-7-2-1-3-8-17)13-18-14-28-20-10-5-4-9-19(18)20/h1-5,7-10,14,16,21-22,27-28H,6,11-13,15H2,(H,29,31). The number of carbonyl (C=O) groups is 2. The molecule has 1 fully saturated rings. The molecule has 0 saturated carbocycles. The first-order valence-electron chi connectivity index (χ1n) is 11.4. The lowest BCUT2D eigenvalue weighted by Crippen LogP contribution is -2.43. The fraction of sp³-hybridized carbons (Fsp3) is 0.269. The zero-order valence-electron chi connectivity index (χ0n) is 18.6. The van der Waals surface area contributed by atoms with E-state index in [1.807, 2.05) is 60.8 Å². The Morgan fingerprint density at radius 2 is 1.97 bits per heavy atom. The minimum atomic E-state index is -0.889. The number of nitrogens with one attached hydrogen (secondary N) is 3. The van der Waals surface area contributed by atoms with E-state index in [1.54, 1.807) is 0 Å². The van der Waals surface area contributed by atoms with E-state index >= 15 is 0 Å². The van der Waals surface area contributed by atoms with Crippen LogP contribution in [0.25, 0.3) is 10.9 Å². The first kappa shape index (κ1) is 21.9. The van der Waals surface area contributed by atoms with Crippen LogP contribution in [0.4, 0.5) is 0 Å². The second-order valence-electron chi connectivity index (χ2n) is 8.40. The highest BCUT2D eigenvalue weighted by molar-refractivity contribution is 5.95. The Labute approximate surface area is 196 Å². The summed E-state index contributed by atoms with van der Waals surface area (Å²) in [5.74, 6) is -0.499. The highest BCUT2D eigenvalue weighted by Crippen LogP contribution is 2.23. The number of hydrogen-bond donors (Lipinski definition) is 3. The number of fused-ring (bicyclic) bond motifs is 1. The van der Waals surface area contributed by atoms with Gasteiger partial charge in [0.05, 0.1) is 6.04 Å². The van der Waals surface area contributed by atoms with Crippen molar-refractivity contribution in [1.29, 1.82) is 0 Å². The molecule has 0 aliphatic carbocycles. The minimum absolute atomic E-state index is 0.0133. The number of esters is 1. The molecule has 2 aromatic carbocycles. The maximum atomic E-state index is 13.1. The molecular formula is C26H26N4O4. The van der Waals surface area contributed by atoms with Gasteiger partial charge in [0.15, 0.2) is 5.69 Å². The van der Waals surface area contributed by atoms with Gasteiger partial charge in [-0.3, -0.25) is 4.79 Å². The number of aromatic nitrogens is 2. The molecule has 1 aliphatic heterocycles. The normalized spacial score (nSPS) is 16.4. The topological polar surface area (TPSA) is 109 Å². The van der Waals surface area contributed by atoms with Crippen LogP contribution in [-0.4, -0.2) is 34.4 Å². The van der Waals surface area contributed by atoms with Crippen LogP contribution in [-0.2, 0) is 22.6 Å². The van der Waals surface area contributed by atoms with Gasteiger partial charge in [0.25, 0.3) is 5.91 Å². The molecule has 8 heteroatoms. The Bertz CT molecular complexity index is 1270. The van der Waals surface area contributed by atoms with Crippen molar-refractivity contribution in [2.75, 3.05) is 6.54 Å². The number of carbonyl (C=O) groups excluding carboxylic acids is 2. The molecule has 1 saturated heterocycles. The van der Waals surface area contributed by atoms with Crippen LogP contribution >= 0.6 is 0 Å². The van der Waals surface area contributed by atoms with Crippen molar-refractivity contribution in [3.05, 3.63) is 89.8 Å². The highest BCUT2D eigenvalue weighted by atomic mass is 16.5. The number of amides is 1. The van der Waals surface area contributed by atoms with Crippen LogP contribution in [0.3, 0.4) is 0 Å². The van der Waals surface area contributed by atoms with Crippen molar-refractivity contribution in [1.82, 2.24) is 20.6 Å². The van der Waals surface area contributed by atoms with Crippen LogP contribution in [0.2, 0.25) is 0 Å². The average molecular weight is 459 g/mol. The molecule has 4 aromatic rings. The molecule has 2 unspecified atom stereocenters. The van der Waals surface area contributed by atoms with Crippen LogP contribution in [0.5, 0.6) is 0 Å². The van der Waals surface area contributed by atoms with Gasteiger partial charge in [0.2, 0.25) is 5.89 Å². The van der Waals surface area contributed by atoms with E-state index in [0.717, 1.165) is 41.4 Å². The zero-order chi connectivity index (χ0) is 23.3. The molecule has 174 valence electrons. The third-order valence-corrected chi connectivity index (χ3v) is 6.03. The number of oxazole rings is 1. The molecule has 34 heavy (non-hydrogen) atoms. The lowest BCUT2D eigenvalue weighted by atomic mass is 10.0. The molecule has 3 N–H and O–H groups in total. The van der Waals surface area contributed by atoms with Crippen LogP contribution in [0.1, 0.15) is 46.4 Å². The number of rotatable bonds is 8. The van der Waals surface area contributed by atoms with Gasteiger partial charge in [-0.25, -0.2) is 9.78 Å². The molecule has 0 bridgehead atoms. The summed E-state index contributed by atoms with van der Waals surface area (Å²) < 4.78 is 11.1. The smallest absolute Gasteiger partial charge is 0.329 e. The fourth-order valence-corrected chi connectivity index (χ4v) is 4.22. The maximum absolute atomic E-state index is 13.1. The van der Waals surface area contributed by atoms with E-state index in [4.69, 9.17) is 9.15 Å². The second-order valence-corrected chi connectivity index (χ2v) is 8.40. The number of H-pyrrole nitrogens is 1. The first-order chi connectivity index (χ1) is 16.7. The van der Waals surface area contributed by atoms with E-state index in [2.05, 4.69) is 20.6 Å². The Balaban J connectivity index is 1.33. The quantitative estimate of drug-likeness (QED) is 0.348. The summed E-state index contributed by atoms with van der Waals surface area (Å²) in [6, 6.07) is 16.4. The van der Waals surface area contributed by atoms with E-state index in [-0.39, 0.29) is 24.8 Å². The van der Waals surface area contributed by atoms with Gasteiger partial charge in [-0.05, 0) is 36.6 Å². The number of benzene rings is 2. The van der Waals surface area contributed by atoms with E-state index in [1.165, 1.54) is 6.26 Å². The van der Waals surface area contributed by atoms with E-state index < -0.39 is 17.9 Å². The number of aromatic amines is 1. The molecule has 1 amide bonds. The largest absolute Gasteiger partial charge is 0.459 e. The summed E-state index contributed by atoms with van der Waals surface area (Å²) in [6.07, 6.45) is 5.42. The average Bonchev–Trinajstić information content (AvgIpc) is 3.64. The SMILES string of the molecule is O=C(NC(Cc1c[nH]c2ccccc12)C(=O)OCc1ccccc1)c1coc(C2CCCN2)n1. The minimum Gasteiger partial charge on any atom is -0.459 e. The van der Waals surface area contributed by atoms with Crippen molar-refractivity contribution in [2.45, 2.75) is 38.0 Å². The number of ether oxygens (including phenoxy) is 1. The lowest BCUT2D eigenvalue weighted by molar-refractivity contribution is -0.147. The second kappa shape index (κ2) is 9.93.